The molecule has 56 valence electrons. The van der Waals surface area contributed by atoms with Gasteiger partial charge in [0.05, 0.1) is 0 Å². The van der Waals surface area contributed by atoms with Crippen molar-refractivity contribution < 1.29 is 4.79 Å². The summed E-state index contributed by atoms with van der Waals surface area (Å²) < 4.78 is 0. The van der Waals surface area contributed by atoms with E-state index in [1.807, 2.05) is 6.08 Å². The maximum atomic E-state index is 11.2. The number of Topliss-reactive ketones (excluding diaryl/α,β-unsaturated/α-hetero) is 1. The van der Waals surface area contributed by atoms with Gasteiger partial charge in [-0.2, -0.15) is 0 Å². The van der Waals surface area contributed by atoms with Crippen molar-refractivity contribution in [2.75, 3.05) is 0 Å². The summed E-state index contributed by atoms with van der Waals surface area (Å²) in [4.78, 5) is 21.3. The molecule has 2 rings (SSSR count). The van der Waals surface area contributed by atoms with Crippen LogP contribution >= 0.6 is 0 Å². The topological polar surface area (TPSA) is 46.5 Å². The van der Waals surface area contributed by atoms with Crippen LogP contribution in [0.15, 0.2) is 28.6 Å². The highest BCUT2D eigenvalue weighted by Crippen LogP contribution is 2.38. The molecule has 1 unspecified atom stereocenters. The van der Waals surface area contributed by atoms with Crippen molar-refractivity contribution in [2.24, 2.45) is 11.1 Å². The molecule has 3 heteroatoms. The van der Waals surface area contributed by atoms with Crippen molar-refractivity contribution in [2.45, 2.75) is 12.8 Å². The predicted molar refractivity (Wildman–Crippen MR) is 39.7 cm³/mol. The van der Waals surface area contributed by atoms with E-state index in [0.717, 1.165) is 18.4 Å². The van der Waals surface area contributed by atoms with Crippen LogP contribution < -0.4 is 0 Å². The summed E-state index contributed by atoms with van der Waals surface area (Å²) in [6.45, 7) is 0. The van der Waals surface area contributed by atoms with Crippen LogP contribution in [0.3, 0.4) is 0 Å². The number of fused-ring (bicyclic) bond motifs is 1. The first kappa shape index (κ1) is 6.46. The zero-order valence-electron chi connectivity index (χ0n) is 5.91. The van der Waals surface area contributed by atoms with Gasteiger partial charge in [-0.05, 0) is 24.1 Å². The summed E-state index contributed by atoms with van der Waals surface area (Å²) in [5, 5.41) is 2.66. The standard InChI is InChI=1S/C8H7NO2/c10-8-6-3-1-5(6)2-4-7(8)9-11/h2,4,6H,1,3H2. The van der Waals surface area contributed by atoms with Crippen molar-refractivity contribution in [1.82, 2.24) is 0 Å². The molecular weight excluding hydrogens is 142 g/mol. The Balaban J connectivity index is 2.36. The van der Waals surface area contributed by atoms with Gasteiger partial charge < -0.3 is 0 Å². The average Bonchev–Trinajstić information content (AvgIpc) is 1.93. The first-order valence-corrected chi connectivity index (χ1v) is 3.61. The predicted octanol–water partition coefficient (Wildman–Crippen LogP) is 1.56. The maximum Gasteiger partial charge on any atom is 0.191 e. The number of ketones is 1. The number of hydrogen-bond donors (Lipinski definition) is 0. The second-order valence-electron chi connectivity index (χ2n) is 2.84. The molecular formula is C8H7NO2. The Labute approximate surface area is 63.8 Å². The largest absolute Gasteiger partial charge is 0.292 e. The summed E-state index contributed by atoms with van der Waals surface area (Å²) in [6, 6.07) is 0. The molecule has 0 aromatic heterocycles. The van der Waals surface area contributed by atoms with E-state index in [1.54, 1.807) is 0 Å². The summed E-state index contributed by atoms with van der Waals surface area (Å²) in [5.74, 6) is -0.101. The number of allylic oxidation sites excluding steroid dienone is 4. The lowest BCUT2D eigenvalue weighted by atomic mass is 9.73. The van der Waals surface area contributed by atoms with Crippen molar-refractivity contribution >= 4 is 5.78 Å². The molecule has 0 bridgehead atoms. The Morgan fingerprint density at radius 3 is 2.82 bits per heavy atom. The van der Waals surface area contributed by atoms with Gasteiger partial charge in [0.2, 0.25) is 0 Å². The van der Waals surface area contributed by atoms with E-state index in [2.05, 4.69) is 5.18 Å². The number of nitrogens with zero attached hydrogens (tertiary/aromatic N) is 1. The zero-order valence-corrected chi connectivity index (χ0v) is 5.91. The highest BCUT2D eigenvalue weighted by molar-refractivity contribution is 6.01. The van der Waals surface area contributed by atoms with Crippen LogP contribution in [0.4, 0.5) is 0 Å². The minimum atomic E-state index is -0.0937. The molecule has 1 fully saturated rings. The Morgan fingerprint density at radius 1 is 1.45 bits per heavy atom. The number of hydrogen-bond acceptors (Lipinski definition) is 3. The van der Waals surface area contributed by atoms with Gasteiger partial charge in [0.25, 0.3) is 0 Å². The fourth-order valence-corrected chi connectivity index (χ4v) is 1.48. The van der Waals surface area contributed by atoms with Gasteiger partial charge >= 0.3 is 0 Å². The SMILES string of the molecule is O=NC1=CC=C2CCC2C1=O. The quantitative estimate of drug-likeness (QED) is 0.531. The molecule has 0 amide bonds. The van der Waals surface area contributed by atoms with Gasteiger partial charge in [-0.1, -0.05) is 11.6 Å². The molecule has 0 heterocycles. The Kier molecular flexibility index (Phi) is 1.24. The molecule has 2 aliphatic carbocycles. The molecule has 0 aliphatic heterocycles. The monoisotopic (exact) mass is 149 g/mol. The molecule has 0 spiro atoms. The van der Waals surface area contributed by atoms with Crippen LogP contribution in [-0.4, -0.2) is 5.78 Å². The highest BCUT2D eigenvalue weighted by atomic mass is 16.3. The summed E-state index contributed by atoms with van der Waals surface area (Å²) in [7, 11) is 0. The minimum absolute atomic E-state index is 0.00676. The summed E-state index contributed by atoms with van der Waals surface area (Å²) >= 11 is 0. The first-order chi connectivity index (χ1) is 5.33. The van der Waals surface area contributed by atoms with Crippen LogP contribution in [0.1, 0.15) is 12.8 Å². The van der Waals surface area contributed by atoms with E-state index in [1.165, 1.54) is 6.08 Å². The van der Waals surface area contributed by atoms with Crippen LogP contribution in [-0.2, 0) is 4.79 Å². The molecule has 0 aromatic rings. The van der Waals surface area contributed by atoms with Crippen LogP contribution in [0.2, 0.25) is 0 Å². The molecule has 3 nitrogen and oxygen atoms in total. The van der Waals surface area contributed by atoms with Gasteiger partial charge in [-0.15, -0.1) is 4.91 Å². The van der Waals surface area contributed by atoms with Crippen LogP contribution in [0.25, 0.3) is 0 Å². The van der Waals surface area contributed by atoms with Gasteiger partial charge in [-0.3, -0.25) is 4.79 Å². The molecule has 1 saturated carbocycles. The molecule has 1 atom stereocenters. The normalized spacial score (nSPS) is 28.0. The smallest absolute Gasteiger partial charge is 0.191 e. The van der Waals surface area contributed by atoms with Crippen molar-refractivity contribution in [1.29, 1.82) is 0 Å². The molecule has 11 heavy (non-hydrogen) atoms. The molecule has 2 aliphatic rings. The highest BCUT2D eigenvalue weighted by Gasteiger charge is 2.34. The van der Waals surface area contributed by atoms with Crippen LogP contribution in [0.5, 0.6) is 0 Å². The third-order valence-corrected chi connectivity index (χ3v) is 2.29. The summed E-state index contributed by atoms with van der Waals surface area (Å²) in [5.41, 5.74) is 1.24. The third kappa shape index (κ3) is 0.770. The van der Waals surface area contributed by atoms with Gasteiger partial charge in [0, 0.05) is 5.92 Å². The van der Waals surface area contributed by atoms with Crippen molar-refractivity contribution in [3.05, 3.63) is 28.3 Å². The molecule has 0 aromatic carbocycles. The van der Waals surface area contributed by atoms with Gasteiger partial charge in [0.1, 0.15) is 0 Å². The van der Waals surface area contributed by atoms with Gasteiger partial charge in [0.15, 0.2) is 11.5 Å². The number of nitroso groups, excluding NO2 is 1. The second kappa shape index (κ2) is 2.12. The maximum absolute atomic E-state index is 11.2. The number of carbonyl (C=O) groups excluding carboxylic acids is 1. The van der Waals surface area contributed by atoms with Gasteiger partial charge in [-0.25, -0.2) is 0 Å². The zero-order chi connectivity index (χ0) is 7.84. The summed E-state index contributed by atoms with van der Waals surface area (Å²) in [6.07, 6.45) is 5.24. The van der Waals surface area contributed by atoms with E-state index in [4.69, 9.17) is 0 Å². The Morgan fingerprint density at radius 2 is 2.27 bits per heavy atom. The minimum Gasteiger partial charge on any atom is -0.292 e. The fraction of sp³-hybridized carbons (Fsp3) is 0.375. The van der Waals surface area contributed by atoms with E-state index < -0.39 is 0 Å². The molecule has 0 radical (unpaired) electrons. The lowest BCUT2D eigenvalue weighted by Crippen LogP contribution is -2.28. The second-order valence-corrected chi connectivity index (χ2v) is 2.84. The average molecular weight is 149 g/mol. The third-order valence-electron chi connectivity index (χ3n) is 2.29. The Hall–Kier alpha value is -1.25. The van der Waals surface area contributed by atoms with E-state index in [0.29, 0.717) is 0 Å². The van der Waals surface area contributed by atoms with E-state index in [9.17, 15) is 9.70 Å². The van der Waals surface area contributed by atoms with E-state index >= 15 is 0 Å². The fourth-order valence-electron chi connectivity index (χ4n) is 1.48. The van der Waals surface area contributed by atoms with Crippen molar-refractivity contribution in [3.8, 4) is 0 Å². The molecule has 0 saturated heterocycles. The first-order valence-electron chi connectivity index (χ1n) is 3.61. The number of carbonyl (C=O) groups is 1. The van der Waals surface area contributed by atoms with Crippen molar-refractivity contribution in [3.63, 3.8) is 0 Å². The number of rotatable bonds is 1. The Bertz CT molecular complexity index is 288. The lowest BCUT2D eigenvalue weighted by molar-refractivity contribution is -0.119. The lowest BCUT2D eigenvalue weighted by Gasteiger charge is -2.30. The van der Waals surface area contributed by atoms with E-state index in [-0.39, 0.29) is 17.4 Å². The van der Waals surface area contributed by atoms with Crippen LogP contribution in [0, 0.1) is 10.8 Å². The molecule has 0 N–H and O–H groups in total.